The van der Waals surface area contributed by atoms with E-state index in [0.29, 0.717) is 27.7 Å². The number of hydrogen-bond donors (Lipinski definition) is 1. The maximum atomic E-state index is 10.8. The number of aliphatic imine (C=N–C) groups is 1. The second kappa shape index (κ2) is 6.43. The van der Waals surface area contributed by atoms with Gasteiger partial charge in [0.1, 0.15) is 11.5 Å². The SMILES string of the molecule is O=[N+]([O-])c1ccc(-c2ccc(C=C3C=NC(=S)NC3)o2)c(Br)c1. The van der Waals surface area contributed by atoms with Crippen LogP contribution in [0.4, 0.5) is 5.69 Å². The fourth-order valence-corrected chi connectivity index (χ4v) is 2.76. The average Bonchev–Trinajstić information content (AvgIpc) is 2.97. The fourth-order valence-electron chi connectivity index (χ4n) is 2.07. The van der Waals surface area contributed by atoms with Crippen molar-refractivity contribution >= 4 is 51.2 Å². The third-order valence-corrected chi connectivity index (χ3v) is 4.08. The van der Waals surface area contributed by atoms with E-state index in [-0.39, 0.29) is 5.69 Å². The molecule has 23 heavy (non-hydrogen) atoms. The molecular formula is C15H10BrN3O3S. The molecular weight excluding hydrogens is 382 g/mol. The number of benzene rings is 1. The van der Waals surface area contributed by atoms with Crippen LogP contribution in [0.3, 0.4) is 0 Å². The zero-order valence-electron chi connectivity index (χ0n) is 11.7. The molecule has 1 aromatic heterocycles. The summed E-state index contributed by atoms with van der Waals surface area (Å²) >= 11 is 8.26. The van der Waals surface area contributed by atoms with E-state index in [1.807, 2.05) is 18.2 Å². The summed E-state index contributed by atoms with van der Waals surface area (Å²) in [6.07, 6.45) is 3.56. The van der Waals surface area contributed by atoms with Crippen molar-refractivity contribution in [3.8, 4) is 11.3 Å². The van der Waals surface area contributed by atoms with Crippen LogP contribution < -0.4 is 5.32 Å². The predicted octanol–water partition coefficient (Wildman–Crippen LogP) is 3.96. The van der Waals surface area contributed by atoms with Crippen LogP contribution in [0.1, 0.15) is 5.76 Å². The minimum Gasteiger partial charge on any atom is -0.457 e. The summed E-state index contributed by atoms with van der Waals surface area (Å²) in [5, 5.41) is 14.2. The van der Waals surface area contributed by atoms with Crippen molar-refractivity contribution in [1.82, 2.24) is 5.32 Å². The Bertz CT molecular complexity index is 857. The Kier molecular flexibility index (Phi) is 4.35. The van der Waals surface area contributed by atoms with Crippen LogP contribution in [0, 0.1) is 10.1 Å². The number of thiocarbonyl (C=S) groups is 1. The minimum absolute atomic E-state index is 0.0231. The lowest BCUT2D eigenvalue weighted by molar-refractivity contribution is -0.384. The molecule has 0 spiro atoms. The second-order valence-corrected chi connectivity index (χ2v) is 6.00. The third kappa shape index (κ3) is 3.54. The number of nitro groups is 1. The lowest BCUT2D eigenvalue weighted by atomic mass is 10.1. The summed E-state index contributed by atoms with van der Waals surface area (Å²) in [7, 11) is 0. The number of nitrogens with zero attached hydrogens (tertiary/aromatic N) is 2. The van der Waals surface area contributed by atoms with E-state index in [1.54, 1.807) is 12.3 Å². The van der Waals surface area contributed by atoms with Gasteiger partial charge in [-0.15, -0.1) is 0 Å². The predicted molar refractivity (Wildman–Crippen MR) is 95.6 cm³/mol. The van der Waals surface area contributed by atoms with E-state index in [9.17, 15) is 10.1 Å². The van der Waals surface area contributed by atoms with Crippen LogP contribution in [-0.4, -0.2) is 22.8 Å². The first kappa shape index (κ1) is 15.6. The van der Waals surface area contributed by atoms with E-state index in [0.717, 1.165) is 11.1 Å². The zero-order valence-corrected chi connectivity index (χ0v) is 14.1. The zero-order chi connectivity index (χ0) is 16.4. The van der Waals surface area contributed by atoms with Crippen molar-refractivity contribution in [2.24, 2.45) is 4.99 Å². The average molecular weight is 392 g/mol. The maximum Gasteiger partial charge on any atom is 0.270 e. The Morgan fingerprint density at radius 1 is 1.39 bits per heavy atom. The van der Waals surface area contributed by atoms with Crippen LogP contribution in [0.25, 0.3) is 17.4 Å². The van der Waals surface area contributed by atoms with Crippen molar-refractivity contribution in [2.75, 3.05) is 6.54 Å². The molecule has 1 aliphatic rings. The molecule has 0 bridgehead atoms. The molecule has 0 saturated heterocycles. The standard InChI is InChI=1S/C15H10BrN3O3S/c16-13-6-10(19(20)21)1-3-12(13)14-4-2-11(22-14)5-9-7-17-15(23)18-8-9/h1-7H,8H2,(H,18,23). The van der Waals surface area contributed by atoms with Gasteiger partial charge in [0.25, 0.3) is 5.69 Å². The van der Waals surface area contributed by atoms with E-state index in [2.05, 4.69) is 26.2 Å². The number of rotatable bonds is 3. The fraction of sp³-hybridized carbons (Fsp3) is 0.0667. The van der Waals surface area contributed by atoms with Gasteiger partial charge >= 0.3 is 0 Å². The highest BCUT2D eigenvalue weighted by atomic mass is 79.9. The Balaban J connectivity index is 1.88. The largest absolute Gasteiger partial charge is 0.457 e. The van der Waals surface area contributed by atoms with Crippen LogP contribution in [0.15, 0.2) is 49.8 Å². The molecule has 2 heterocycles. The molecule has 0 amide bonds. The topological polar surface area (TPSA) is 80.7 Å². The van der Waals surface area contributed by atoms with Crippen LogP contribution >= 0.6 is 28.1 Å². The molecule has 3 rings (SSSR count). The molecule has 8 heteroatoms. The molecule has 2 aromatic rings. The van der Waals surface area contributed by atoms with Crippen LogP contribution in [0.2, 0.25) is 0 Å². The molecule has 0 atom stereocenters. The highest BCUT2D eigenvalue weighted by Crippen LogP contribution is 2.32. The van der Waals surface area contributed by atoms with Gasteiger partial charge in [-0.25, -0.2) is 4.99 Å². The molecule has 116 valence electrons. The van der Waals surface area contributed by atoms with Gasteiger partial charge in [-0.1, -0.05) is 0 Å². The van der Waals surface area contributed by atoms with Crippen LogP contribution in [-0.2, 0) is 0 Å². The lowest BCUT2D eigenvalue weighted by Crippen LogP contribution is -2.26. The maximum absolute atomic E-state index is 10.8. The number of non-ortho nitro benzene ring substituents is 1. The number of furan rings is 1. The quantitative estimate of drug-likeness (QED) is 0.486. The van der Waals surface area contributed by atoms with Gasteiger partial charge in [-0.05, 0) is 58.0 Å². The number of nitro benzene ring substituents is 1. The van der Waals surface area contributed by atoms with Gasteiger partial charge < -0.3 is 9.73 Å². The number of halogens is 1. The monoisotopic (exact) mass is 391 g/mol. The first-order chi connectivity index (χ1) is 11.0. The highest BCUT2D eigenvalue weighted by molar-refractivity contribution is 9.10. The molecule has 0 aliphatic carbocycles. The molecule has 1 aliphatic heterocycles. The molecule has 0 unspecified atom stereocenters. The molecule has 0 radical (unpaired) electrons. The van der Waals surface area contributed by atoms with Gasteiger partial charge in [0, 0.05) is 34.9 Å². The summed E-state index contributed by atoms with van der Waals surface area (Å²) in [5.74, 6) is 1.29. The number of hydrogen-bond acceptors (Lipinski definition) is 4. The normalized spacial score (nSPS) is 15.7. The van der Waals surface area contributed by atoms with Gasteiger partial charge in [0.2, 0.25) is 0 Å². The summed E-state index contributed by atoms with van der Waals surface area (Å²) in [6, 6.07) is 8.20. The van der Waals surface area contributed by atoms with Gasteiger partial charge in [0.15, 0.2) is 5.11 Å². The van der Waals surface area contributed by atoms with Crippen molar-refractivity contribution in [2.45, 2.75) is 0 Å². The Morgan fingerprint density at radius 3 is 2.87 bits per heavy atom. The summed E-state index contributed by atoms with van der Waals surface area (Å²) in [6.45, 7) is 0.597. The van der Waals surface area contributed by atoms with E-state index in [4.69, 9.17) is 16.6 Å². The summed E-state index contributed by atoms with van der Waals surface area (Å²) in [4.78, 5) is 14.4. The smallest absolute Gasteiger partial charge is 0.270 e. The lowest BCUT2D eigenvalue weighted by Gasteiger charge is -2.09. The van der Waals surface area contributed by atoms with Crippen molar-refractivity contribution in [1.29, 1.82) is 0 Å². The molecule has 0 saturated carbocycles. The van der Waals surface area contributed by atoms with Gasteiger partial charge in [0.05, 0.1) is 4.92 Å². The van der Waals surface area contributed by atoms with Crippen molar-refractivity contribution < 1.29 is 9.34 Å². The van der Waals surface area contributed by atoms with E-state index < -0.39 is 4.92 Å². The van der Waals surface area contributed by atoms with Crippen molar-refractivity contribution in [3.63, 3.8) is 0 Å². The van der Waals surface area contributed by atoms with Gasteiger partial charge in [-0.2, -0.15) is 0 Å². The first-order valence-electron chi connectivity index (χ1n) is 6.59. The van der Waals surface area contributed by atoms with Crippen LogP contribution in [0.5, 0.6) is 0 Å². The highest BCUT2D eigenvalue weighted by Gasteiger charge is 2.13. The van der Waals surface area contributed by atoms with E-state index >= 15 is 0 Å². The summed E-state index contributed by atoms with van der Waals surface area (Å²) in [5.41, 5.74) is 1.72. The Labute approximate surface area is 145 Å². The third-order valence-electron chi connectivity index (χ3n) is 3.17. The molecule has 0 fully saturated rings. The number of nitrogens with one attached hydrogen (secondary N) is 1. The van der Waals surface area contributed by atoms with Crippen molar-refractivity contribution in [3.05, 3.63) is 56.3 Å². The minimum atomic E-state index is -0.438. The summed E-state index contributed by atoms with van der Waals surface area (Å²) < 4.78 is 6.39. The molecule has 1 N–H and O–H groups in total. The Morgan fingerprint density at radius 2 is 2.22 bits per heavy atom. The first-order valence-corrected chi connectivity index (χ1v) is 7.80. The van der Waals surface area contributed by atoms with Gasteiger partial charge in [-0.3, -0.25) is 10.1 Å². The van der Waals surface area contributed by atoms with E-state index in [1.165, 1.54) is 12.1 Å². The molecule has 1 aromatic carbocycles. The Hall–Kier alpha value is -2.32. The second-order valence-electron chi connectivity index (χ2n) is 4.76. The molecule has 6 nitrogen and oxygen atoms in total.